The first-order chi connectivity index (χ1) is 20.1. The number of rotatable bonds is 23. The summed E-state index contributed by atoms with van der Waals surface area (Å²) < 4.78 is 10.8. The molecule has 226 valence electrons. The van der Waals surface area contributed by atoms with Gasteiger partial charge in [0, 0.05) is 12.8 Å². The largest absolute Gasteiger partial charge is 0.461 e. The molecule has 41 heavy (non-hydrogen) atoms. The summed E-state index contributed by atoms with van der Waals surface area (Å²) in [5, 5.41) is 2.80. The van der Waals surface area contributed by atoms with Gasteiger partial charge in [0.2, 0.25) is 5.91 Å². The van der Waals surface area contributed by atoms with Crippen molar-refractivity contribution in [2.75, 3.05) is 0 Å². The van der Waals surface area contributed by atoms with Crippen molar-refractivity contribution in [3.05, 3.63) is 71.8 Å². The average molecular weight is 566 g/mol. The topological polar surface area (TPSA) is 81.7 Å². The summed E-state index contributed by atoms with van der Waals surface area (Å²) in [5.74, 6) is -1.14. The highest BCUT2D eigenvalue weighted by Crippen LogP contribution is 2.13. The molecule has 1 atom stereocenters. The monoisotopic (exact) mass is 565 g/mol. The molecule has 6 nitrogen and oxygen atoms in total. The van der Waals surface area contributed by atoms with Crippen LogP contribution in [0.4, 0.5) is 0 Å². The molecule has 0 aliphatic carbocycles. The Kier molecular flexibility index (Phi) is 18.7. The van der Waals surface area contributed by atoms with Gasteiger partial charge in [-0.3, -0.25) is 9.59 Å². The quantitative estimate of drug-likeness (QED) is 0.108. The Labute approximate surface area is 247 Å². The summed E-state index contributed by atoms with van der Waals surface area (Å²) in [6.45, 7) is 2.54. The lowest BCUT2D eigenvalue weighted by Crippen LogP contribution is -2.42. The van der Waals surface area contributed by atoms with Crippen LogP contribution < -0.4 is 5.32 Å². The lowest BCUT2D eigenvalue weighted by Gasteiger charge is -2.18. The van der Waals surface area contributed by atoms with E-state index in [0.717, 1.165) is 30.4 Å². The van der Waals surface area contributed by atoms with Crippen LogP contribution in [0.5, 0.6) is 0 Å². The molecule has 0 heterocycles. The molecule has 0 aliphatic rings. The minimum Gasteiger partial charge on any atom is -0.461 e. The van der Waals surface area contributed by atoms with Crippen LogP contribution in [0, 0.1) is 0 Å². The smallest absolute Gasteiger partial charge is 0.328 e. The van der Waals surface area contributed by atoms with Crippen LogP contribution in [-0.2, 0) is 37.1 Å². The molecule has 2 rings (SSSR count). The van der Waals surface area contributed by atoms with Crippen LogP contribution in [0.1, 0.15) is 121 Å². The number of hydrogen-bond donors (Lipinski definition) is 1. The Morgan fingerprint density at radius 1 is 0.610 bits per heavy atom. The molecule has 0 fully saturated rings. The van der Waals surface area contributed by atoms with Gasteiger partial charge < -0.3 is 14.8 Å². The van der Waals surface area contributed by atoms with Crippen LogP contribution in [0.2, 0.25) is 0 Å². The molecular weight excluding hydrogens is 514 g/mol. The van der Waals surface area contributed by atoms with Gasteiger partial charge in [-0.15, -0.1) is 0 Å². The van der Waals surface area contributed by atoms with Gasteiger partial charge >= 0.3 is 11.9 Å². The summed E-state index contributed by atoms with van der Waals surface area (Å²) in [7, 11) is 0. The van der Waals surface area contributed by atoms with Crippen molar-refractivity contribution in [2.24, 2.45) is 0 Å². The van der Waals surface area contributed by atoms with E-state index < -0.39 is 18.0 Å². The fourth-order valence-electron chi connectivity index (χ4n) is 4.72. The van der Waals surface area contributed by atoms with Crippen molar-refractivity contribution >= 4 is 17.8 Å². The summed E-state index contributed by atoms with van der Waals surface area (Å²) in [6, 6.07) is 17.9. The maximum Gasteiger partial charge on any atom is 0.328 e. The summed E-state index contributed by atoms with van der Waals surface area (Å²) in [6.07, 6.45) is 16.6. The van der Waals surface area contributed by atoms with E-state index in [0.29, 0.717) is 6.42 Å². The van der Waals surface area contributed by atoms with Crippen molar-refractivity contribution in [1.82, 2.24) is 5.32 Å². The van der Waals surface area contributed by atoms with E-state index in [9.17, 15) is 14.4 Å². The minimum atomic E-state index is -0.891. The third-order valence-corrected chi connectivity index (χ3v) is 7.23. The predicted molar refractivity (Wildman–Crippen MR) is 164 cm³/mol. The zero-order valence-electron chi connectivity index (χ0n) is 25.1. The lowest BCUT2D eigenvalue weighted by atomic mass is 10.0. The Balaban J connectivity index is 1.66. The number of benzene rings is 2. The van der Waals surface area contributed by atoms with E-state index in [-0.39, 0.29) is 32.0 Å². The first kappa shape index (κ1) is 34.1. The fourth-order valence-corrected chi connectivity index (χ4v) is 4.72. The second kappa shape index (κ2) is 22.5. The number of hydrogen-bond acceptors (Lipinski definition) is 5. The van der Waals surface area contributed by atoms with Crippen molar-refractivity contribution < 1.29 is 23.9 Å². The Morgan fingerprint density at radius 3 is 1.59 bits per heavy atom. The van der Waals surface area contributed by atoms with Gasteiger partial charge in [0.25, 0.3) is 0 Å². The van der Waals surface area contributed by atoms with Gasteiger partial charge in [0.15, 0.2) is 0 Å². The summed E-state index contributed by atoms with van der Waals surface area (Å²) in [4.78, 5) is 37.8. The molecule has 0 bridgehead atoms. The van der Waals surface area contributed by atoms with E-state index in [1.54, 1.807) is 0 Å². The van der Waals surface area contributed by atoms with Crippen LogP contribution in [0.3, 0.4) is 0 Å². The first-order valence-electron chi connectivity index (χ1n) is 15.8. The van der Waals surface area contributed by atoms with E-state index in [1.807, 2.05) is 60.7 Å². The zero-order valence-corrected chi connectivity index (χ0v) is 25.1. The zero-order chi connectivity index (χ0) is 29.4. The van der Waals surface area contributed by atoms with Crippen LogP contribution in [0.25, 0.3) is 0 Å². The fraction of sp³-hybridized carbons (Fsp3) is 0.571. The molecule has 0 saturated carbocycles. The van der Waals surface area contributed by atoms with Gasteiger partial charge in [0.05, 0.1) is 0 Å². The molecule has 0 aliphatic heterocycles. The minimum absolute atomic E-state index is 0.0109. The molecule has 2 aromatic rings. The maximum atomic E-state index is 12.8. The standard InChI is InChI=1S/C35H51NO5/c1-2-3-4-5-6-7-8-9-10-11-12-13-20-25-33(37)36-32(35(39)41-29-31-23-18-15-19-24-31)26-27-34(38)40-28-30-21-16-14-17-22-30/h14-19,21-24,32H,2-13,20,25-29H2,1H3,(H,36,37)/t32-/m0/s1. The van der Waals surface area contributed by atoms with Gasteiger partial charge in [-0.25, -0.2) is 4.79 Å². The third kappa shape index (κ3) is 17.3. The number of unbranched alkanes of at least 4 members (excludes halogenated alkanes) is 12. The van der Waals surface area contributed by atoms with Crippen molar-refractivity contribution in [1.29, 1.82) is 0 Å². The lowest BCUT2D eigenvalue weighted by molar-refractivity contribution is -0.150. The highest BCUT2D eigenvalue weighted by molar-refractivity contribution is 5.85. The number of carbonyl (C=O) groups is 3. The molecular formula is C35H51NO5. The van der Waals surface area contributed by atoms with Crippen molar-refractivity contribution in [2.45, 2.75) is 129 Å². The Morgan fingerprint density at radius 2 is 1.07 bits per heavy atom. The van der Waals surface area contributed by atoms with E-state index >= 15 is 0 Å². The molecule has 0 aromatic heterocycles. The molecule has 2 aromatic carbocycles. The van der Waals surface area contributed by atoms with E-state index in [1.165, 1.54) is 64.2 Å². The summed E-state index contributed by atoms with van der Waals surface area (Å²) in [5.41, 5.74) is 1.76. The van der Waals surface area contributed by atoms with Gasteiger partial charge in [-0.2, -0.15) is 0 Å². The number of carbonyl (C=O) groups excluding carboxylic acids is 3. The van der Waals surface area contributed by atoms with Crippen molar-refractivity contribution in [3.8, 4) is 0 Å². The highest BCUT2D eigenvalue weighted by atomic mass is 16.5. The maximum absolute atomic E-state index is 12.8. The van der Waals surface area contributed by atoms with Gasteiger partial charge in [0.1, 0.15) is 19.3 Å². The number of esters is 2. The normalized spacial score (nSPS) is 11.5. The first-order valence-corrected chi connectivity index (χ1v) is 15.8. The number of nitrogens with one attached hydrogen (secondary N) is 1. The molecule has 1 N–H and O–H groups in total. The molecule has 6 heteroatoms. The molecule has 0 radical (unpaired) electrons. The molecule has 0 saturated heterocycles. The van der Waals surface area contributed by atoms with Gasteiger partial charge in [-0.1, -0.05) is 145 Å². The average Bonchev–Trinajstić information content (AvgIpc) is 3.00. The van der Waals surface area contributed by atoms with Crippen LogP contribution in [0.15, 0.2) is 60.7 Å². The van der Waals surface area contributed by atoms with Gasteiger partial charge in [-0.05, 0) is 24.0 Å². The Hall–Kier alpha value is -3.15. The Bertz CT molecular complexity index is 963. The molecule has 0 unspecified atom stereocenters. The van der Waals surface area contributed by atoms with E-state index in [4.69, 9.17) is 9.47 Å². The summed E-state index contributed by atoms with van der Waals surface area (Å²) >= 11 is 0. The van der Waals surface area contributed by atoms with Crippen LogP contribution in [-0.4, -0.2) is 23.9 Å². The SMILES string of the molecule is CCCCCCCCCCCCCCCC(=O)N[C@@H](CCC(=O)OCc1ccccc1)C(=O)OCc1ccccc1. The molecule has 0 spiro atoms. The van der Waals surface area contributed by atoms with Crippen molar-refractivity contribution in [3.63, 3.8) is 0 Å². The highest BCUT2D eigenvalue weighted by Gasteiger charge is 2.23. The van der Waals surface area contributed by atoms with E-state index in [2.05, 4.69) is 12.2 Å². The third-order valence-electron chi connectivity index (χ3n) is 7.23. The second-order valence-corrected chi connectivity index (χ2v) is 10.9. The number of ether oxygens (including phenoxy) is 2. The second-order valence-electron chi connectivity index (χ2n) is 10.9. The van der Waals surface area contributed by atoms with Crippen LogP contribution >= 0.6 is 0 Å². The number of amides is 1. The molecule has 1 amide bonds. The predicted octanol–water partition coefficient (Wildman–Crippen LogP) is 8.22.